The summed E-state index contributed by atoms with van der Waals surface area (Å²) < 4.78 is 0.990. The van der Waals surface area contributed by atoms with Gasteiger partial charge in [-0.3, -0.25) is 0 Å². The topological polar surface area (TPSA) is 25.8 Å². The fraction of sp³-hybridized carbons (Fsp3) is 0.176. The molecule has 0 atom stereocenters. The maximum absolute atomic E-state index is 6.32. The number of hydrogen-bond acceptors (Lipinski definition) is 2. The highest BCUT2D eigenvalue weighted by Gasteiger charge is 2.14. The zero-order valence-electron chi connectivity index (χ0n) is 11.2. The molecule has 0 unspecified atom stereocenters. The van der Waals surface area contributed by atoms with Crippen molar-refractivity contribution in [3.8, 4) is 11.4 Å². The van der Waals surface area contributed by atoms with E-state index in [-0.39, 0.29) is 0 Å². The van der Waals surface area contributed by atoms with Crippen molar-refractivity contribution < 1.29 is 0 Å². The molecule has 0 bridgehead atoms. The lowest BCUT2D eigenvalue weighted by molar-refractivity contribution is 0.912. The van der Waals surface area contributed by atoms with Crippen LogP contribution in [0.15, 0.2) is 40.9 Å². The normalized spacial score (nSPS) is 13.6. The quantitative estimate of drug-likeness (QED) is 0.558. The van der Waals surface area contributed by atoms with Gasteiger partial charge in [0.2, 0.25) is 0 Å². The third kappa shape index (κ3) is 2.34. The Hall–Kier alpha value is -1.45. The molecule has 0 spiro atoms. The number of aryl methyl sites for hydroxylation is 2. The summed E-state index contributed by atoms with van der Waals surface area (Å²) in [5, 5.41) is 1.38. The Morgan fingerprint density at radius 3 is 2.71 bits per heavy atom. The van der Waals surface area contributed by atoms with E-state index >= 15 is 0 Å². The van der Waals surface area contributed by atoms with Gasteiger partial charge in [0.05, 0.1) is 5.52 Å². The van der Waals surface area contributed by atoms with Crippen molar-refractivity contribution in [2.75, 3.05) is 0 Å². The van der Waals surface area contributed by atoms with E-state index in [0.717, 1.165) is 27.4 Å². The average Bonchev–Trinajstić information content (AvgIpc) is 2.94. The first kappa shape index (κ1) is 13.2. The molecule has 4 rings (SSSR count). The maximum Gasteiger partial charge on any atom is 0.161 e. The predicted octanol–water partition coefficient (Wildman–Crippen LogP) is 5.20. The van der Waals surface area contributed by atoms with Crippen LogP contribution in [-0.2, 0) is 12.8 Å². The van der Waals surface area contributed by atoms with Crippen molar-refractivity contribution in [3.63, 3.8) is 0 Å². The molecule has 0 fully saturated rings. The third-order valence-electron chi connectivity index (χ3n) is 3.97. The monoisotopic (exact) mass is 358 g/mol. The van der Waals surface area contributed by atoms with Gasteiger partial charge in [-0.05, 0) is 54.7 Å². The molecule has 0 aliphatic heterocycles. The second-order valence-electron chi connectivity index (χ2n) is 5.34. The Morgan fingerprint density at radius 2 is 1.81 bits per heavy atom. The molecule has 1 aliphatic carbocycles. The molecule has 21 heavy (non-hydrogen) atoms. The van der Waals surface area contributed by atoms with Crippen molar-refractivity contribution in [1.82, 2.24) is 9.97 Å². The molecule has 1 aromatic heterocycles. The van der Waals surface area contributed by atoms with Gasteiger partial charge < -0.3 is 0 Å². The molecule has 2 aromatic carbocycles. The molecule has 2 nitrogen and oxygen atoms in total. The SMILES string of the molecule is Clc1nc(-c2ccc3c(c2)CCC3)nc2cc(Br)ccc12. The number of fused-ring (bicyclic) bond motifs is 2. The fourth-order valence-electron chi connectivity index (χ4n) is 2.90. The molecule has 0 radical (unpaired) electrons. The van der Waals surface area contributed by atoms with Crippen LogP contribution in [0.4, 0.5) is 0 Å². The van der Waals surface area contributed by atoms with Crippen LogP contribution in [-0.4, -0.2) is 9.97 Å². The Kier molecular flexibility index (Phi) is 3.20. The highest BCUT2D eigenvalue weighted by Crippen LogP contribution is 2.30. The Bertz CT molecular complexity index is 861. The Balaban J connectivity index is 1.90. The third-order valence-corrected chi connectivity index (χ3v) is 4.75. The first-order valence-electron chi connectivity index (χ1n) is 6.96. The van der Waals surface area contributed by atoms with E-state index in [1.54, 1.807) is 0 Å². The van der Waals surface area contributed by atoms with Crippen LogP contribution < -0.4 is 0 Å². The number of rotatable bonds is 1. The first-order valence-corrected chi connectivity index (χ1v) is 8.13. The van der Waals surface area contributed by atoms with Gasteiger partial charge in [-0.1, -0.05) is 39.7 Å². The summed E-state index contributed by atoms with van der Waals surface area (Å²) in [5.74, 6) is 0.695. The van der Waals surface area contributed by atoms with Crippen LogP contribution in [0, 0.1) is 0 Å². The van der Waals surface area contributed by atoms with E-state index in [9.17, 15) is 0 Å². The summed E-state index contributed by atoms with van der Waals surface area (Å²) in [6, 6.07) is 12.4. The minimum absolute atomic E-state index is 0.503. The lowest BCUT2D eigenvalue weighted by Crippen LogP contribution is -1.93. The van der Waals surface area contributed by atoms with Gasteiger partial charge in [0.1, 0.15) is 5.15 Å². The zero-order valence-corrected chi connectivity index (χ0v) is 13.6. The summed E-state index contributed by atoms with van der Waals surface area (Å²) in [7, 11) is 0. The molecular formula is C17H12BrClN2. The molecule has 1 aliphatic rings. The first-order chi connectivity index (χ1) is 10.2. The van der Waals surface area contributed by atoms with Gasteiger partial charge in [-0.2, -0.15) is 0 Å². The van der Waals surface area contributed by atoms with E-state index in [4.69, 9.17) is 11.6 Å². The molecule has 0 saturated carbocycles. The summed E-state index contributed by atoms with van der Waals surface area (Å²) in [6.07, 6.45) is 3.57. The van der Waals surface area contributed by atoms with Crippen LogP contribution in [0.1, 0.15) is 17.5 Å². The lowest BCUT2D eigenvalue weighted by Gasteiger charge is -2.07. The van der Waals surface area contributed by atoms with Crippen molar-refractivity contribution >= 4 is 38.4 Å². The molecule has 1 heterocycles. The minimum atomic E-state index is 0.503. The van der Waals surface area contributed by atoms with Gasteiger partial charge in [-0.25, -0.2) is 9.97 Å². The van der Waals surface area contributed by atoms with Crippen LogP contribution >= 0.6 is 27.5 Å². The summed E-state index contributed by atoms with van der Waals surface area (Å²) in [5.41, 5.74) is 4.77. The number of hydrogen-bond donors (Lipinski definition) is 0. The Morgan fingerprint density at radius 1 is 0.952 bits per heavy atom. The molecule has 104 valence electrons. The van der Waals surface area contributed by atoms with Crippen LogP contribution in [0.5, 0.6) is 0 Å². The predicted molar refractivity (Wildman–Crippen MR) is 89.7 cm³/mol. The minimum Gasteiger partial charge on any atom is -0.228 e. The largest absolute Gasteiger partial charge is 0.228 e. The summed E-state index contributed by atoms with van der Waals surface area (Å²) in [4.78, 5) is 9.13. The fourth-order valence-corrected chi connectivity index (χ4v) is 3.49. The summed E-state index contributed by atoms with van der Waals surface area (Å²) in [6.45, 7) is 0. The smallest absolute Gasteiger partial charge is 0.161 e. The molecule has 0 amide bonds. The van der Waals surface area contributed by atoms with Crippen molar-refractivity contribution in [2.24, 2.45) is 0 Å². The van der Waals surface area contributed by atoms with E-state index in [1.165, 1.54) is 24.0 Å². The second kappa shape index (κ2) is 5.08. The number of halogens is 2. The number of benzene rings is 2. The summed E-state index contributed by atoms with van der Waals surface area (Å²) >= 11 is 9.79. The second-order valence-corrected chi connectivity index (χ2v) is 6.61. The van der Waals surface area contributed by atoms with Crippen molar-refractivity contribution in [2.45, 2.75) is 19.3 Å². The van der Waals surface area contributed by atoms with Gasteiger partial charge >= 0.3 is 0 Å². The standard InChI is InChI=1S/C17H12BrClN2/c18-13-6-7-14-15(9-13)20-17(21-16(14)19)12-5-4-10-2-1-3-11(10)8-12/h4-9H,1-3H2. The van der Waals surface area contributed by atoms with Gasteiger partial charge in [-0.15, -0.1) is 0 Å². The molecule has 0 N–H and O–H groups in total. The van der Waals surface area contributed by atoms with Crippen LogP contribution in [0.3, 0.4) is 0 Å². The van der Waals surface area contributed by atoms with Crippen molar-refractivity contribution in [1.29, 1.82) is 0 Å². The van der Waals surface area contributed by atoms with Gasteiger partial charge in [0, 0.05) is 15.4 Å². The highest BCUT2D eigenvalue weighted by molar-refractivity contribution is 9.10. The molecule has 4 heteroatoms. The van der Waals surface area contributed by atoms with Crippen LogP contribution in [0.25, 0.3) is 22.3 Å². The molecule has 3 aromatic rings. The number of nitrogens with zero attached hydrogens (tertiary/aromatic N) is 2. The highest BCUT2D eigenvalue weighted by atomic mass is 79.9. The molecule has 0 saturated heterocycles. The zero-order chi connectivity index (χ0) is 14.4. The van der Waals surface area contributed by atoms with Gasteiger partial charge in [0.25, 0.3) is 0 Å². The molecular weight excluding hydrogens is 348 g/mol. The van der Waals surface area contributed by atoms with Crippen LogP contribution in [0.2, 0.25) is 5.15 Å². The Labute approximate surface area is 136 Å². The maximum atomic E-state index is 6.32. The number of aromatic nitrogens is 2. The van der Waals surface area contributed by atoms with E-state index in [2.05, 4.69) is 44.1 Å². The van der Waals surface area contributed by atoms with E-state index < -0.39 is 0 Å². The van der Waals surface area contributed by atoms with E-state index in [1.807, 2.05) is 18.2 Å². The lowest BCUT2D eigenvalue weighted by atomic mass is 10.1. The average molecular weight is 360 g/mol. The van der Waals surface area contributed by atoms with Gasteiger partial charge in [0.15, 0.2) is 5.82 Å². The van der Waals surface area contributed by atoms with Crippen molar-refractivity contribution in [3.05, 3.63) is 57.2 Å². The van der Waals surface area contributed by atoms with E-state index in [0.29, 0.717) is 11.0 Å².